The minimum atomic E-state index is -6.22. The number of hydrogen-bond acceptors (Lipinski definition) is 3. The van der Waals surface area contributed by atoms with Gasteiger partial charge in [0.05, 0.1) is 0 Å². The number of nitrogens with one attached hydrogen (secondary N) is 1. The Morgan fingerprint density at radius 1 is 1.15 bits per heavy atom. The third-order valence-corrected chi connectivity index (χ3v) is 3.82. The number of nitrogens with zero attached hydrogens (tertiary/aromatic N) is 1. The second-order valence-corrected chi connectivity index (χ2v) is 5.79. The molecule has 1 amide bonds. The quantitative estimate of drug-likeness (QED) is 0.607. The fourth-order valence-electron chi connectivity index (χ4n) is 2.38. The lowest BCUT2D eigenvalue weighted by molar-refractivity contribution is -0.337. The Bertz CT molecular complexity index is 826. The Labute approximate surface area is 149 Å². The van der Waals surface area contributed by atoms with E-state index in [1.807, 2.05) is 0 Å². The zero-order valence-corrected chi connectivity index (χ0v) is 13.8. The molecular weight excluding hydrogens is 378 g/mol. The number of benzene rings is 1. The minimum Gasteiger partial charge on any atom is -0.370 e. The first kappa shape index (κ1) is 20.7. The van der Waals surface area contributed by atoms with Crippen LogP contribution in [0.3, 0.4) is 0 Å². The molecule has 0 aliphatic carbocycles. The van der Waals surface area contributed by atoms with E-state index in [9.17, 15) is 36.2 Å². The number of alkyl halides is 5. The Morgan fingerprint density at radius 3 is 2.30 bits per heavy atom. The van der Waals surface area contributed by atoms with Crippen LogP contribution in [0.1, 0.15) is 16.7 Å². The van der Waals surface area contributed by atoms with Crippen molar-refractivity contribution in [2.75, 3.05) is 0 Å². The standard InChI is InChI=1S/C17H14F6N2O2/c1-10-7-11(13(18)24-8-10)9-25-14(26)15(27,12-5-3-2-4-6-12)16(19,20)17(21,22)23/h2-8,27H,9H2,1H3,(H,25,26)/t15-/m1/s1. The number of rotatable bonds is 5. The first-order chi connectivity index (χ1) is 12.4. The van der Waals surface area contributed by atoms with Crippen LogP contribution >= 0.6 is 0 Å². The van der Waals surface area contributed by atoms with Crippen LogP contribution in [0.25, 0.3) is 0 Å². The van der Waals surface area contributed by atoms with Crippen LogP contribution in [-0.4, -0.2) is 28.1 Å². The SMILES string of the molecule is Cc1cnc(F)c(CNC(=O)[C@](O)(c2ccccc2)C(F)(F)C(F)(F)F)c1. The monoisotopic (exact) mass is 392 g/mol. The van der Waals surface area contributed by atoms with Crippen molar-refractivity contribution in [1.29, 1.82) is 0 Å². The first-order valence-electron chi connectivity index (χ1n) is 7.53. The van der Waals surface area contributed by atoms with Gasteiger partial charge in [0.2, 0.25) is 11.5 Å². The van der Waals surface area contributed by atoms with E-state index in [-0.39, 0.29) is 5.56 Å². The molecule has 0 fully saturated rings. The summed E-state index contributed by atoms with van der Waals surface area (Å²) in [6.45, 7) is 0.790. The lowest BCUT2D eigenvalue weighted by Crippen LogP contribution is -2.62. The number of hydrogen-bond donors (Lipinski definition) is 2. The second kappa shape index (κ2) is 7.18. The van der Waals surface area contributed by atoms with Gasteiger partial charge < -0.3 is 10.4 Å². The molecule has 0 saturated carbocycles. The molecule has 0 radical (unpaired) electrons. The topological polar surface area (TPSA) is 62.2 Å². The second-order valence-electron chi connectivity index (χ2n) is 5.79. The molecule has 1 aromatic heterocycles. The predicted octanol–water partition coefficient (Wildman–Crippen LogP) is 3.23. The third-order valence-electron chi connectivity index (χ3n) is 3.82. The number of aryl methyl sites for hydroxylation is 1. The summed E-state index contributed by atoms with van der Waals surface area (Å²) in [4.78, 5) is 15.6. The van der Waals surface area contributed by atoms with Gasteiger partial charge in [0.1, 0.15) is 0 Å². The maximum absolute atomic E-state index is 14.1. The van der Waals surface area contributed by atoms with Gasteiger partial charge in [-0.05, 0) is 24.1 Å². The molecule has 2 N–H and O–H groups in total. The largest absolute Gasteiger partial charge is 0.457 e. The van der Waals surface area contributed by atoms with Crippen LogP contribution in [0, 0.1) is 12.9 Å². The van der Waals surface area contributed by atoms with E-state index in [2.05, 4.69) is 4.98 Å². The fourth-order valence-corrected chi connectivity index (χ4v) is 2.38. The van der Waals surface area contributed by atoms with E-state index in [4.69, 9.17) is 0 Å². The molecule has 0 unspecified atom stereocenters. The predicted molar refractivity (Wildman–Crippen MR) is 82.1 cm³/mol. The Balaban J connectivity index is 2.42. The highest BCUT2D eigenvalue weighted by Crippen LogP contribution is 2.48. The highest BCUT2D eigenvalue weighted by molar-refractivity contribution is 5.87. The Hall–Kier alpha value is -2.62. The van der Waals surface area contributed by atoms with Crippen LogP contribution in [0.5, 0.6) is 0 Å². The van der Waals surface area contributed by atoms with Crippen molar-refractivity contribution in [2.24, 2.45) is 0 Å². The average molecular weight is 392 g/mol. The number of aromatic nitrogens is 1. The van der Waals surface area contributed by atoms with Crippen LogP contribution in [0.15, 0.2) is 42.6 Å². The number of carbonyl (C=O) groups excluding carboxylic acids is 1. The minimum absolute atomic E-state index is 0.242. The Morgan fingerprint density at radius 2 is 1.74 bits per heavy atom. The summed E-state index contributed by atoms with van der Waals surface area (Å²) in [6, 6.07) is 6.23. The summed E-state index contributed by atoms with van der Waals surface area (Å²) < 4.78 is 80.4. The van der Waals surface area contributed by atoms with Gasteiger partial charge in [0.15, 0.2) is 0 Å². The molecule has 2 rings (SSSR count). The van der Waals surface area contributed by atoms with E-state index >= 15 is 0 Å². The van der Waals surface area contributed by atoms with Gasteiger partial charge in [-0.2, -0.15) is 26.3 Å². The molecule has 1 aromatic carbocycles. The van der Waals surface area contributed by atoms with Gasteiger partial charge in [-0.1, -0.05) is 30.3 Å². The van der Waals surface area contributed by atoms with Gasteiger partial charge in [-0.3, -0.25) is 4.79 Å². The third kappa shape index (κ3) is 3.75. The molecule has 146 valence electrons. The molecule has 2 aromatic rings. The van der Waals surface area contributed by atoms with E-state index in [0.29, 0.717) is 5.56 Å². The van der Waals surface area contributed by atoms with Crippen molar-refractivity contribution in [1.82, 2.24) is 10.3 Å². The zero-order valence-electron chi connectivity index (χ0n) is 13.8. The van der Waals surface area contributed by atoms with Crippen molar-refractivity contribution in [3.63, 3.8) is 0 Å². The maximum atomic E-state index is 14.1. The normalized spacial score (nSPS) is 14.5. The molecule has 0 bridgehead atoms. The van der Waals surface area contributed by atoms with Gasteiger partial charge in [-0.25, -0.2) is 4.98 Å². The average Bonchev–Trinajstić information content (AvgIpc) is 2.61. The van der Waals surface area contributed by atoms with E-state index < -0.39 is 41.7 Å². The Kier molecular flexibility index (Phi) is 5.50. The zero-order chi connectivity index (χ0) is 20.5. The molecule has 1 heterocycles. The number of pyridine rings is 1. The van der Waals surface area contributed by atoms with E-state index in [0.717, 1.165) is 24.3 Å². The van der Waals surface area contributed by atoms with E-state index in [1.54, 1.807) is 5.32 Å². The van der Waals surface area contributed by atoms with Crippen molar-refractivity contribution in [2.45, 2.75) is 31.2 Å². The van der Waals surface area contributed by atoms with Crippen molar-refractivity contribution in [3.8, 4) is 0 Å². The summed E-state index contributed by atoms with van der Waals surface area (Å²) in [7, 11) is 0. The summed E-state index contributed by atoms with van der Waals surface area (Å²) >= 11 is 0. The molecule has 0 spiro atoms. The van der Waals surface area contributed by atoms with Crippen LogP contribution < -0.4 is 5.32 Å². The number of aliphatic hydroxyl groups is 1. The van der Waals surface area contributed by atoms with Gasteiger partial charge >= 0.3 is 12.1 Å². The highest BCUT2D eigenvalue weighted by atomic mass is 19.4. The smallest absolute Gasteiger partial charge is 0.370 e. The number of amides is 1. The fraction of sp³-hybridized carbons (Fsp3) is 0.294. The van der Waals surface area contributed by atoms with Gasteiger partial charge in [0.25, 0.3) is 5.91 Å². The summed E-state index contributed by atoms with van der Waals surface area (Å²) in [6.07, 6.45) is -5.05. The van der Waals surface area contributed by atoms with Gasteiger partial charge in [-0.15, -0.1) is 0 Å². The molecule has 1 atom stereocenters. The lowest BCUT2D eigenvalue weighted by atomic mass is 9.85. The number of halogens is 6. The van der Waals surface area contributed by atoms with Crippen LogP contribution in [-0.2, 0) is 16.9 Å². The van der Waals surface area contributed by atoms with Crippen molar-refractivity contribution in [3.05, 3.63) is 65.2 Å². The molecule has 0 aliphatic rings. The molecule has 0 aliphatic heterocycles. The molecular formula is C17H14F6N2O2. The number of carbonyl (C=O) groups is 1. The molecule has 10 heteroatoms. The van der Waals surface area contributed by atoms with Crippen molar-refractivity contribution < 1.29 is 36.2 Å². The van der Waals surface area contributed by atoms with Crippen molar-refractivity contribution >= 4 is 5.91 Å². The summed E-state index contributed by atoms with van der Waals surface area (Å²) in [5.41, 5.74) is -4.98. The lowest BCUT2D eigenvalue weighted by Gasteiger charge is -2.35. The van der Waals surface area contributed by atoms with Crippen LogP contribution in [0.4, 0.5) is 26.3 Å². The summed E-state index contributed by atoms with van der Waals surface area (Å²) in [5.74, 6) is -8.88. The van der Waals surface area contributed by atoms with E-state index in [1.165, 1.54) is 25.3 Å². The molecule has 0 saturated heterocycles. The van der Waals surface area contributed by atoms with Gasteiger partial charge in [0, 0.05) is 18.3 Å². The molecule has 4 nitrogen and oxygen atoms in total. The maximum Gasteiger partial charge on any atom is 0.457 e. The first-order valence-corrected chi connectivity index (χ1v) is 7.53. The van der Waals surface area contributed by atoms with Crippen LogP contribution in [0.2, 0.25) is 0 Å². The molecule has 27 heavy (non-hydrogen) atoms. The highest BCUT2D eigenvalue weighted by Gasteiger charge is 2.73. The summed E-state index contributed by atoms with van der Waals surface area (Å²) in [5, 5.41) is 12.0.